The number of para-hydroxylation sites is 2. The van der Waals surface area contributed by atoms with Gasteiger partial charge in [0, 0.05) is 57.1 Å². The van der Waals surface area contributed by atoms with Crippen molar-refractivity contribution in [2.45, 2.75) is 142 Å². The molecule has 3 nitrogen and oxygen atoms in total. The molecule has 2 aliphatic heterocycles. The molecule has 4 heteroatoms. The van der Waals surface area contributed by atoms with Crippen molar-refractivity contribution < 1.29 is 0 Å². The molecule has 2 aliphatic carbocycles. The molecule has 0 atom stereocenters. The SMILES string of the molecule is Cc1cc(C(C)(C)C)ccc1N1c2cc3c(cc2B2c4ccc(N(c5ccccc5)c5ccccc5)cc4N(c4ccc5c(c4)C(C)(C)CCC5(C)C)c4cc(C(c5ccccc5)c5ccccc5)cc1c42)C(C)(C)CCC3(C)C. The molecule has 0 unspecified atom stereocenters. The van der Waals surface area contributed by atoms with Crippen LogP contribution in [0.2, 0.25) is 0 Å². The number of fused-ring (bicyclic) bond motifs is 6. The fraction of sp³-hybridized carbons (Fsp3) is 0.289. The van der Waals surface area contributed by atoms with Crippen molar-refractivity contribution in [3.8, 4) is 0 Å². The maximum Gasteiger partial charge on any atom is 0.252 e. The Balaban J connectivity index is 1.19. The Labute approximate surface area is 478 Å². The topological polar surface area (TPSA) is 9.72 Å². The van der Waals surface area contributed by atoms with Gasteiger partial charge in [-0.05, 0) is 199 Å². The Morgan fingerprint density at radius 2 is 0.887 bits per heavy atom. The zero-order chi connectivity index (χ0) is 55.7. The minimum Gasteiger partial charge on any atom is -0.311 e. The molecule has 2 heterocycles. The smallest absolute Gasteiger partial charge is 0.252 e. The van der Waals surface area contributed by atoms with Crippen LogP contribution in [0.5, 0.6) is 0 Å². The molecule has 0 radical (unpaired) electrons. The summed E-state index contributed by atoms with van der Waals surface area (Å²) in [6.07, 6.45) is 4.59. The lowest BCUT2D eigenvalue weighted by atomic mass is 9.33. The summed E-state index contributed by atoms with van der Waals surface area (Å²) >= 11 is 0. The molecule has 9 aromatic carbocycles. The van der Waals surface area contributed by atoms with Crippen molar-refractivity contribution >= 4 is 74.3 Å². The quantitative estimate of drug-likeness (QED) is 0.111. The second kappa shape index (κ2) is 18.8. The maximum atomic E-state index is 2.71. The standard InChI is InChI=1S/C76H78BN3/c1-50-43-54(72(2,3)4)33-38-65(50)80-67-49-62-61(75(9,10)41-42-76(62,11)12)48-64(67)77-63-37-35-58(78(55-29-21-15-22-30-55)56-31-23-16-24-32-56)47-66(63)79(57-34-36-59-60(46-57)74(7,8)40-39-73(59,5)6)68-44-53(45-69(80)71(68)77)70(51-25-17-13-18-26-51)52-27-19-14-20-28-52/h13-38,43-49,70H,39-42H2,1-12H3. The zero-order valence-electron chi connectivity index (χ0n) is 49.4. The van der Waals surface area contributed by atoms with E-state index >= 15 is 0 Å². The van der Waals surface area contributed by atoms with Crippen molar-refractivity contribution in [2.24, 2.45) is 0 Å². The van der Waals surface area contributed by atoms with E-state index in [9.17, 15) is 0 Å². The first-order valence-corrected chi connectivity index (χ1v) is 29.6. The third-order valence-corrected chi connectivity index (χ3v) is 19.3. The van der Waals surface area contributed by atoms with E-state index in [1.807, 2.05) is 0 Å². The summed E-state index contributed by atoms with van der Waals surface area (Å²) in [5.74, 6) is -0.0437. The highest BCUT2D eigenvalue weighted by atomic mass is 15.2. The fourth-order valence-corrected chi connectivity index (χ4v) is 14.5. The third kappa shape index (κ3) is 8.54. The molecule has 0 saturated carbocycles. The first kappa shape index (κ1) is 51.9. The highest BCUT2D eigenvalue weighted by molar-refractivity contribution is 7.00. The molecule has 0 bridgehead atoms. The predicted octanol–water partition coefficient (Wildman–Crippen LogP) is 18.7. The van der Waals surface area contributed by atoms with Crippen LogP contribution in [0, 0.1) is 6.92 Å². The van der Waals surface area contributed by atoms with Gasteiger partial charge in [0.15, 0.2) is 0 Å². The molecule has 400 valence electrons. The van der Waals surface area contributed by atoms with Crippen LogP contribution in [-0.4, -0.2) is 6.71 Å². The number of hydrogen-bond donors (Lipinski definition) is 0. The first-order valence-electron chi connectivity index (χ1n) is 29.6. The van der Waals surface area contributed by atoms with Crippen molar-refractivity contribution in [1.29, 1.82) is 0 Å². The average molecular weight is 1040 g/mol. The second-order valence-electron chi connectivity index (χ2n) is 27.6. The first-order chi connectivity index (χ1) is 38.2. The highest BCUT2D eigenvalue weighted by Crippen LogP contribution is 2.54. The number of anilines is 9. The largest absolute Gasteiger partial charge is 0.311 e. The van der Waals surface area contributed by atoms with Crippen molar-refractivity contribution in [2.75, 3.05) is 14.7 Å². The van der Waals surface area contributed by atoms with Crippen LogP contribution in [0.15, 0.2) is 200 Å². The van der Waals surface area contributed by atoms with Gasteiger partial charge in [-0.2, -0.15) is 0 Å². The van der Waals surface area contributed by atoms with E-state index in [1.54, 1.807) is 0 Å². The number of rotatable bonds is 8. The number of benzene rings is 9. The van der Waals surface area contributed by atoms with E-state index in [4.69, 9.17) is 0 Å². The van der Waals surface area contributed by atoms with Gasteiger partial charge in [-0.15, -0.1) is 0 Å². The molecule has 4 aliphatic rings. The summed E-state index contributed by atoms with van der Waals surface area (Å²) in [5, 5.41) is 0. The van der Waals surface area contributed by atoms with Gasteiger partial charge in [-0.1, -0.05) is 204 Å². The fourth-order valence-electron chi connectivity index (χ4n) is 14.5. The minimum absolute atomic E-state index is 0.000424. The van der Waals surface area contributed by atoms with Gasteiger partial charge in [-0.25, -0.2) is 0 Å². The van der Waals surface area contributed by atoms with Crippen LogP contribution in [0.4, 0.5) is 51.2 Å². The molecule has 0 N–H and O–H groups in total. The molecule has 13 rings (SSSR count). The monoisotopic (exact) mass is 1040 g/mol. The maximum absolute atomic E-state index is 2.71. The lowest BCUT2D eigenvalue weighted by Gasteiger charge is -2.48. The average Bonchev–Trinajstić information content (AvgIpc) is 3.63. The van der Waals surface area contributed by atoms with Crippen molar-refractivity contribution in [3.05, 3.63) is 250 Å². The van der Waals surface area contributed by atoms with E-state index < -0.39 is 0 Å². The highest BCUT2D eigenvalue weighted by Gasteiger charge is 2.48. The molecule has 0 saturated heterocycles. The zero-order valence-corrected chi connectivity index (χ0v) is 49.4. The second-order valence-corrected chi connectivity index (χ2v) is 27.6. The molecular weight excluding hydrogens is 966 g/mol. The number of nitrogens with zero attached hydrogens (tertiary/aromatic N) is 3. The Hall–Kier alpha value is -7.56. The number of aryl methyl sites for hydroxylation is 1. The molecule has 0 aromatic heterocycles. The summed E-state index contributed by atoms with van der Waals surface area (Å²) < 4.78 is 0. The van der Waals surface area contributed by atoms with Gasteiger partial charge in [0.05, 0.1) is 0 Å². The molecule has 9 aromatic rings. The van der Waals surface area contributed by atoms with Crippen LogP contribution in [0.1, 0.15) is 158 Å². The Morgan fingerprint density at radius 1 is 0.400 bits per heavy atom. The van der Waals surface area contributed by atoms with Crippen LogP contribution < -0.4 is 31.1 Å². The predicted molar refractivity (Wildman–Crippen MR) is 343 cm³/mol. The van der Waals surface area contributed by atoms with Crippen LogP contribution in [-0.2, 0) is 27.1 Å². The van der Waals surface area contributed by atoms with Gasteiger partial charge in [-0.3, -0.25) is 0 Å². The Kier molecular flexibility index (Phi) is 12.2. The summed E-state index contributed by atoms with van der Waals surface area (Å²) in [7, 11) is 0. The summed E-state index contributed by atoms with van der Waals surface area (Å²) in [4.78, 5) is 7.85. The molecule has 0 fully saturated rings. The summed E-state index contributed by atoms with van der Waals surface area (Å²) in [6.45, 7) is 29.1. The van der Waals surface area contributed by atoms with E-state index in [0.29, 0.717) is 0 Å². The van der Waals surface area contributed by atoms with Gasteiger partial charge in [0.2, 0.25) is 0 Å². The molecule has 80 heavy (non-hydrogen) atoms. The third-order valence-electron chi connectivity index (χ3n) is 19.3. The summed E-state index contributed by atoms with van der Waals surface area (Å²) in [5.41, 5.74) is 27.2. The summed E-state index contributed by atoms with van der Waals surface area (Å²) in [6, 6.07) is 77.2. The van der Waals surface area contributed by atoms with Crippen molar-refractivity contribution in [1.82, 2.24) is 0 Å². The van der Waals surface area contributed by atoms with Crippen molar-refractivity contribution in [3.63, 3.8) is 0 Å². The van der Waals surface area contributed by atoms with Crippen LogP contribution in [0.3, 0.4) is 0 Å². The molecule has 0 spiro atoms. The van der Waals surface area contributed by atoms with Crippen LogP contribution >= 0.6 is 0 Å². The van der Waals surface area contributed by atoms with Gasteiger partial charge in [0.1, 0.15) is 0 Å². The van der Waals surface area contributed by atoms with Crippen LogP contribution in [0.25, 0.3) is 0 Å². The molecular formula is C76H78BN3. The number of hydrogen-bond acceptors (Lipinski definition) is 3. The van der Waals surface area contributed by atoms with E-state index in [1.165, 1.54) is 101 Å². The Morgan fingerprint density at radius 3 is 1.43 bits per heavy atom. The Bertz CT molecular complexity index is 3770. The van der Waals surface area contributed by atoms with E-state index in [2.05, 4.69) is 298 Å². The lowest BCUT2D eigenvalue weighted by Crippen LogP contribution is -2.62. The van der Waals surface area contributed by atoms with E-state index in [-0.39, 0.29) is 39.7 Å². The van der Waals surface area contributed by atoms with Gasteiger partial charge < -0.3 is 14.7 Å². The van der Waals surface area contributed by atoms with Gasteiger partial charge in [0.25, 0.3) is 6.71 Å². The normalized spacial score (nSPS) is 17.0. The minimum atomic E-state index is -0.0669. The van der Waals surface area contributed by atoms with Gasteiger partial charge >= 0.3 is 0 Å². The lowest BCUT2D eigenvalue weighted by molar-refractivity contribution is 0.332. The van der Waals surface area contributed by atoms with E-state index in [0.717, 1.165) is 42.7 Å². The molecule has 0 amide bonds.